The Morgan fingerprint density at radius 1 is 1.36 bits per heavy atom. The van der Waals surface area contributed by atoms with Gasteiger partial charge in [0.25, 0.3) is 5.91 Å². The molecule has 1 amide bonds. The zero-order valence-corrected chi connectivity index (χ0v) is 15.6. The topological polar surface area (TPSA) is 70.4 Å². The Balaban J connectivity index is 0.00000225. The predicted molar refractivity (Wildman–Crippen MR) is 101 cm³/mol. The van der Waals surface area contributed by atoms with Gasteiger partial charge in [0.15, 0.2) is 0 Å². The molecule has 1 saturated heterocycles. The Hall–Kier alpha value is -1.60. The molecular weight excluding hydrogens is 363 g/mol. The lowest BCUT2D eigenvalue weighted by molar-refractivity contribution is 0.0946. The predicted octanol–water partition coefficient (Wildman–Crippen LogP) is 2.36. The first-order valence-electron chi connectivity index (χ1n) is 8.09. The van der Waals surface area contributed by atoms with Crippen LogP contribution in [0.4, 0.5) is 0 Å². The third-order valence-corrected chi connectivity index (χ3v) is 4.47. The molecule has 0 bridgehead atoms. The van der Waals surface area contributed by atoms with Crippen molar-refractivity contribution in [3.63, 3.8) is 0 Å². The van der Waals surface area contributed by atoms with Gasteiger partial charge in [0, 0.05) is 44.8 Å². The summed E-state index contributed by atoms with van der Waals surface area (Å²) >= 11 is 6.22. The lowest BCUT2D eigenvalue weighted by Gasteiger charge is -2.27. The highest BCUT2D eigenvalue weighted by Crippen LogP contribution is 2.30. The second kappa shape index (κ2) is 9.20. The molecule has 3 rings (SSSR count). The number of benzene rings is 1. The minimum atomic E-state index is -0.182. The van der Waals surface area contributed by atoms with Crippen LogP contribution in [0.1, 0.15) is 16.1 Å². The molecule has 6 nitrogen and oxygen atoms in total. The van der Waals surface area contributed by atoms with Crippen molar-refractivity contribution in [2.24, 2.45) is 0 Å². The minimum absolute atomic E-state index is 0. The highest BCUT2D eigenvalue weighted by atomic mass is 35.5. The minimum Gasteiger partial charge on any atom is -0.360 e. The summed E-state index contributed by atoms with van der Waals surface area (Å²) in [4.78, 5) is 14.9. The average Bonchev–Trinajstić information content (AvgIpc) is 2.97. The Kier molecular flexibility index (Phi) is 7.25. The molecule has 1 fully saturated rings. The number of nitrogens with one attached hydrogen (secondary N) is 2. The maximum absolute atomic E-state index is 12.6. The maximum atomic E-state index is 12.6. The Morgan fingerprint density at radius 2 is 2.08 bits per heavy atom. The fraction of sp³-hybridized carbons (Fsp3) is 0.412. The molecule has 136 valence electrons. The number of carbonyl (C=O) groups excluding carboxylic acids is 1. The van der Waals surface area contributed by atoms with E-state index in [1.165, 1.54) is 0 Å². The summed E-state index contributed by atoms with van der Waals surface area (Å²) in [7, 11) is 0. The SMILES string of the molecule is Cc1onc(-c2ccccc2Cl)c1C(=O)NCCN1CCNCC1.Cl. The third kappa shape index (κ3) is 4.73. The van der Waals surface area contributed by atoms with Crippen LogP contribution in [0.25, 0.3) is 11.3 Å². The van der Waals surface area contributed by atoms with E-state index in [9.17, 15) is 4.79 Å². The molecule has 2 aromatic rings. The molecule has 0 spiro atoms. The summed E-state index contributed by atoms with van der Waals surface area (Å²) in [5, 5.41) is 10.8. The van der Waals surface area contributed by atoms with Gasteiger partial charge in [0.05, 0.1) is 5.02 Å². The van der Waals surface area contributed by atoms with Crippen LogP contribution in [0.5, 0.6) is 0 Å². The van der Waals surface area contributed by atoms with E-state index in [4.69, 9.17) is 16.1 Å². The van der Waals surface area contributed by atoms with Crippen molar-refractivity contribution < 1.29 is 9.32 Å². The molecule has 0 unspecified atom stereocenters. The maximum Gasteiger partial charge on any atom is 0.257 e. The number of halogens is 2. The first kappa shape index (κ1) is 19.7. The van der Waals surface area contributed by atoms with Crippen molar-refractivity contribution in [2.75, 3.05) is 39.3 Å². The Morgan fingerprint density at radius 3 is 2.80 bits per heavy atom. The van der Waals surface area contributed by atoms with Crippen molar-refractivity contribution in [2.45, 2.75) is 6.92 Å². The van der Waals surface area contributed by atoms with Crippen LogP contribution in [-0.4, -0.2) is 55.2 Å². The molecule has 2 heterocycles. The van der Waals surface area contributed by atoms with Crippen molar-refractivity contribution >= 4 is 29.9 Å². The summed E-state index contributed by atoms with van der Waals surface area (Å²) in [6, 6.07) is 7.30. The van der Waals surface area contributed by atoms with Gasteiger partial charge in [-0.05, 0) is 13.0 Å². The first-order valence-corrected chi connectivity index (χ1v) is 8.47. The third-order valence-electron chi connectivity index (χ3n) is 4.14. The zero-order chi connectivity index (χ0) is 16.9. The number of aryl methyl sites for hydroxylation is 1. The van der Waals surface area contributed by atoms with Gasteiger partial charge in [-0.3, -0.25) is 9.69 Å². The molecule has 0 aliphatic carbocycles. The second-order valence-electron chi connectivity index (χ2n) is 5.79. The monoisotopic (exact) mass is 384 g/mol. The fourth-order valence-corrected chi connectivity index (χ4v) is 3.05. The van der Waals surface area contributed by atoms with Crippen LogP contribution >= 0.6 is 24.0 Å². The van der Waals surface area contributed by atoms with Crippen LogP contribution in [0.15, 0.2) is 28.8 Å². The molecular formula is C17H22Cl2N4O2. The van der Waals surface area contributed by atoms with Gasteiger partial charge in [-0.15, -0.1) is 12.4 Å². The Bertz CT molecular complexity index is 714. The van der Waals surface area contributed by atoms with Crippen molar-refractivity contribution in [1.82, 2.24) is 20.7 Å². The quantitative estimate of drug-likeness (QED) is 0.827. The molecule has 8 heteroatoms. The standard InChI is InChI=1S/C17H21ClN4O2.ClH/c1-12-15(16(21-24-12)13-4-2-3-5-14(13)18)17(23)20-8-11-22-9-6-19-7-10-22;/h2-5,19H,6-11H2,1H3,(H,20,23);1H. The van der Waals surface area contributed by atoms with E-state index >= 15 is 0 Å². The molecule has 1 aliphatic heterocycles. The van der Waals surface area contributed by atoms with E-state index in [0.29, 0.717) is 34.1 Å². The van der Waals surface area contributed by atoms with Gasteiger partial charge in [-0.1, -0.05) is 35.0 Å². The molecule has 25 heavy (non-hydrogen) atoms. The van der Waals surface area contributed by atoms with Gasteiger partial charge in [0.1, 0.15) is 17.0 Å². The van der Waals surface area contributed by atoms with Crippen LogP contribution in [-0.2, 0) is 0 Å². The molecule has 0 radical (unpaired) electrons. The summed E-state index contributed by atoms with van der Waals surface area (Å²) in [6.07, 6.45) is 0. The van der Waals surface area contributed by atoms with Crippen LogP contribution in [0, 0.1) is 6.92 Å². The number of carbonyl (C=O) groups is 1. The number of nitrogens with zero attached hydrogens (tertiary/aromatic N) is 2. The van der Waals surface area contributed by atoms with Crippen molar-refractivity contribution in [3.8, 4) is 11.3 Å². The largest absolute Gasteiger partial charge is 0.360 e. The highest BCUT2D eigenvalue weighted by molar-refractivity contribution is 6.33. The number of aromatic nitrogens is 1. The highest BCUT2D eigenvalue weighted by Gasteiger charge is 2.22. The molecule has 0 saturated carbocycles. The van der Waals surface area contributed by atoms with E-state index in [-0.39, 0.29) is 18.3 Å². The van der Waals surface area contributed by atoms with Gasteiger partial charge in [-0.25, -0.2) is 0 Å². The van der Waals surface area contributed by atoms with Gasteiger partial charge in [-0.2, -0.15) is 0 Å². The van der Waals surface area contributed by atoms with Crippen LogP contribution in [0.2, 0.25) is 5.02 Å². The average molecular weight is 385 g/mol. The van der Waals surface area contributed by atoms with Gasteiger partial charge in [0.2, 0.25) is 0 Å². The van der Waals surface area contributed by atoms with Crippen LogP contribution in [0.3, 0.4) is 0 Å². The second-order valence-corrected chi connectivity index (χ2v) is 6.20. The van der Waals surface area contributed by atoms with Gasteiger partial charge < -0.3 is 15.2 Å². The van der Waals surface area contributed by atoms with E-state index in [0.717, 1.165) is 32.7 Å². The number of hydrogen-bond donors (Lipinski definition) is 2. The number of amides is 1. The smallest absolute Gasteiger partial charge is 0.257 e. The van der Waals surface area contributed by atoms with E-state index < -0.39 is 0 Å². The molecule has 2 N–H and O–H groups in total. The van der Waals surface area contributed by atoms with E-state index in [1.54, 1.807) is 13.0 Å². The van der Waals surface area contributed by atoms with Crippen molar-refractivity contribution in [3.05, 3.63) is 40.6 Å². The lowest BCUT2D eigenvalue weighted by atomic mass is 10.1. The van der Waals surface area contributed by atoms with Crippen molar-refractivity contribution in [1.29, 1.82) is 0 Å². The van der Waals surface area contributed by atoms with E-state index in [1.807, 2.05) is 18.2 Å². The molecule has 0 atom stereocenters. The summed E-state index contributed by atoms with van der Waals surface area (Å²) < 4.78 is 5.23. The summed E-state index contributed by atoms with van der Waals surface area (Å²) in [6.45, 7) is 7.16. The summed E-state index contributed by atoms with van der Waals surface area (Å²) in [5.74, 6) is 0.309. The number of hydrogen-bond acceptors (Lipinski definition) is 5. The zero-order valence-electron chi connectivity index (χ0n) is 14.0. The fourth-order valence-electron chi connectivity index (χ4n) is 2.83. The van der Waals surface area contributed by atoms with Gasteiger partial charge >= 0.3 is 0 Å². The molecule has 1 aliphatic rings. The van der Waals surface area contributed by atoms with E-state index in [2.05, 4.69) is 20.7 Å². The molecule has 1 aromatic heterocycles. The normalized spacial score (nSPS) is 14.8. The van der Waals surface area contributed by atoms with Crippen LogP contribution < -0.4 is 10.6 Å². The first-order chi connectivity index (χ1) is 11.7. The lowest BCUT2D eigenvalue weighted by Crippen LogP contribution is -2.46. The number of piperazine rings is 1. The number of rotatable bonds is 5. The summed E-state index contributed by atoms with van der Waals surface area (Å²) in [5.41, 5.74) is 1.63. The Labute approximate surface area is 158 Å². The molecule has 1 aromatic carbocycles.